The summed E-state index contributed by atoms with van der Waals surface area (Å²) in [7, 11) is 0. The molecule has 0 fully saturated rings. The summed E-state index contributed by atoms with van der Waals surface area (Å²) < 4.78 is 31.0. The predicted octanol–water partition coefficient (Wildman–Crippen LogP) is 4.79. The number of aromatic nitrogens is 5. The quantitative estimate of drug-likeness (QED) is 0.624. The fraction of sp³-hybridized carbons (Fsp3) is 0.450. The number of rotatable bonds is 6. The van der Waals surface area contributed by atoms with Crippen molar-refractivity contribution in [3.05, 3.63) is 59.4 Å². The van der Waals surface area contributed by atoms with Crippen LogP contribution in [0.4, 0.5) is 8.78 Å². The van der Waals surface area contributed by atoms with Gasteiger partial charge in [-0.05, 0) is 31.0 Å². The van der Waals surface area contributed by atoms with Crippen molar-refractivity contribution in [1.29, 1.82) is 0 Å². The van der Waals surface area contributed by atoms with E-state index in [0.717, 1.165) is 11.8 Å². The van der Waals surface area contributed by atoms with E-state index < -0.39 is 11.6 Å². The van der Waals surface area contributed by atoms with Crippen molar-refractivity contribution in [3.63, 3.8) is 0 Å². The second-order valence-corrected chi connectivity index (χ2v) is 7.46. The van der Waals surface area contributed by atoms with E-state index in [2.05, 4.69) is 36.0 Å². The summed E-state index contributed by atoms with van der Waals surface area (Å²) >= 11 is 0. The molecule has 27 heavy (non-hydrogen) atoms. The minimum atomic E-state index is -0.657. The molecule has 144 valence electrons. The van der Waals surface area contributed by atoms with Crippen LogP contribution < -0.4 is 0 Å². The average molecular weight is 373 g/mol. The van der Waals surface area contributed by atoms with E-state index >= 15 is 0 Å². The van der Waals surface area contributed by atoms with Gasteiger partial charge in [0.05, 0.1) is 6.04 Å². The lowest BCUT2D eigenvalue weighted by atomic mass is 10.1. The highest BCUT2D eigenvalue weighted by molar-refractivity contribution is 5.34. The van der Waals surface area contributed by atoms with Crippen LogP contribution >= 0.6 is 0 Å². The number of hydrogen-bond acceptors (Lipinski definition) is 3. The molecule has 1 unspecified atom stereocenters. The van der Waals surface area contributed by atoms with Gasteiger partial charge in [0.2, 0.25) is 0 Å². The molecule has 0 radical (unpaired) electrons. The van der Waals surface area contributed by atoms with Crippen molar-refractivity contribution in [2.75, 3.05) is 0 Å². The van der Waals surface area contributed by atoms with Gasteiger partial charge in [-0.1, -0.05) is 27.7 Å². The summed E-state index contributed by atoms with van der Waals surface area (Å²) in [5.41, 5.74) is 1.35. The molecule has 7 heteroatoms. The van der Waals surface area contributed by atoms with Gasteiger partial charge < -0.3 is 0 Å². The standard InChI is InChI=1S/C20H25F2N5/c1-12(2)17-8-9-23-26(17)14(5)10-19-24-20(13(3)4)27(25-19)18-7-6-15(21)11-16(18)22/h6-9,11-14H,10H2,1-5H3. The van der Waals surface area contributed by atoms with Crippen LogP contribution in [-0.2, 0) is 6.42 Å². The molecule has 0 saturated carbocycles. The van der Waals surface area contributed by atoms with Crippen molar-refractivity contribution in [2.45, 2.75) is 58.9 Å². The normalized spacial score (nSPS) is 12.9. The zero-order valence-corrected chi connectivity index (χ0v) is 16.3. The van der Waals surface area contributed by atoms with Crippen molar-refractivity contribution in [3.8, 4) is 5.69 Å². The number of hydrogen-bond donors (Lipinski definition) is 0. The van der Waals surface area contributed by atoms with Gasteiger partial charge in [0.25, 0.3) is 0 Å². The van der Waals surface area contributed by atoms with Gasteiger partial charge >= 0.3 is 0 Å². The summed E-state index contributed by atoms with van der Waals surface area (Å²) in [6.07, 6.45) is 2.36. The number of halogens is 2. The van der Waals surface area contributed by atoms with E-state index in [0.29, 0.717) is 24.0 Å². The van der Waals surface area contributed by atoms with Crippen molar-refractivity contribution in [1.82, 2.24) is 24.5 Å². The number of benzene rings is 1. The van der Waals surface area contributed by atoms with Gasteiger partial charge in [-0.15, -0.1) is 0 Å². The Bertz CT molecular complexity index is 926. The lowest BCUT2D eigenvalue weighted by molar-refractivity contribution is 0.453. The Kier molecular flexibility index (Phi) is 5.39. The molecule has 0 N–H and O–H groups in total. The van der Waals surface area contributed by atoms with Crippen LogP contribution in [0.2, 0.25) is 0 Å². The Balaban J connectivity index is 1.94. The second-order valence-electron chi connectivity index (χ2n) is 7.46. The van der Waals surface area contributed by atoms with Crippen LogP contribution in [0.25, 0.3) is 5.69 Å². The highest BCUT2D eigenvalue weighted by Gasteiger charge is 2.20. The molecule has 0 saturated heterocycles. The van der Waals surface area contributed by atoms with E-state index in [-0.39, 0.29) is 17.6 Å². The molecule has 3 aromatic rings. The van der Waals surface area contributed by atoms with Crippen molar-refractivity contribution < 1.29 is 8.78 Å². The molecule has 2 heterocycles. The maximum Gasteiger partial charge on any atom is 0.153 e. The van der Waals surface area contributed by atoms with Crippen LogP contribution in [0.5, 0.6) is 0 Å². The molecule has 2 aromatic heterocycles. The predicted molar refractivity (Wildman–Crippen MR) is 100 cm³/mol. The summed E-state index contributed by atoms with van der Waals surface area (Å²) in [5.74, 6) is 0.390. The minimum Gasteiger partial charge on any atom is -0.266 e. The molecular weight excluding hydrogens is 348 g/mol. The van der Waals surface area contributed by atoms with Crippen LogP contribution in [0.15, 0.2) is 30.5 Å². The first-order valence-corrected chi connectivity index (χ1v) is 9.22. The summed E-state index contributed by atoms with van der Waals surface area (Å²) in [5, 5.41) is 8.95. The SMILES string of the molecule is CC(C)c1nc(CC(C)n2nccc2C(C)C)nn1-c1ccc(F)cc1F. The highest BCUT2D eigenvalue weighted by atomic mass is 19.1. The summed E-state index contributed by atoms with van der Waals surface area (Å²) in [6.45, 7) is 10.3. The average Bonchev–Trinajstić information content (AvgIpc) is 3.21. The van der Waals surface area contributed by atoms with Gasteiger partial charge in [-0.2, -0.15) is 10.2 Å². The van der Waals surface area contributed by atoms with Gasteiger partial charge in [0.1, 0.15) is 17.3 Å². The highest BCUT2D eigenvalue weighted by Crippen LogP contribution is 2.23. The molecule has 0 bridgehead atoms. The Labute approximate surface area is 158 Å². The number of nitrogens with zero attached hydrogens (tertiary/aromatic N) is 5. The third kappa shape index (κ3) is 3.91. The monoisotopic (exact) mass is 373 g/mol. The van der Waals surface area contributed by atoms with Crippen molar-refractivity contribution in [2.24, 2.45) is 0 Å². The maximum absolute atomic E-state index is 14.3. The third-order valence-electron chi connectivity index (χ3n) is 4.52. The van der Waals surface area contributed by atoms with Crippen LogP contribution in [0.1, 0.15) is 69.8 Å². The Morgan fingerprint density at radius 3 is 2.37 bits per heavy atom. The Morgan fingerprint density at radius 1 is 1.00 bits per heavy atom. The lowest BCUT2D eigenvalue weighted by Crippen LogP contribution is -2.14. The first-order chi connectivity index (χ1) is 12.8. The van der Waals surface area contributed by atoms with Crippen LogP contribution in [-0.4, -0.2) is 24.5 Å². The zero-order chi connectivity index (χ0) is 19.7. The van der Waals surface area contributed by atoms with Crippen molar-refractivity contribution >= 4 is 0 Å². The van der Waals surface area contributed by atoms with Gasteiger partial charge in [0.15, 0.2) is 11.6 Å². The Morgan fingerprint density at radius 2 is 1.74 bits per heavy atom. The second kappa shape index (κ2) is 7.58. The van der Waals surface area contributed by atoms with Gasteiger partial charge in [0, 0.05) is 30.3 Å². The molecule has 0 aliphatic heterocycles. The molecule has 0 aliphatic carbocycles. The smallest absolute Gasteiger partial charge is 0.153 e. The molecular formula is C20H25F2N5. The minimum absolute atomic E-state index is 0.0435. The molecule has 0 aliphatic rings. The molecule has 0 spiro atoms. The molecule has 1 atom stereocenters. The largest absolute Gasteiger partial charge is 0.266 e. The Hall–Kier alpha value is -2.57. The first kappa shape index (κ1) is 19.2. The fourth-order valence-corrected chi connectivity index (χ4v) is 3.16. The van der Waals surface area contributed by atoms with Crippen LogP contribution in [0.3, 0.4) is 0 Å². The zero-order valence-electron chi connectivity index (χ0n) is 16.3. The van der Waals surface area contributed by atoms with E-state index in [1.807, 2.05) is 24.6 Å². The molecule has 1 aromatic carbocycles. The summed E-state index contributed by atoms with van der Waals surface area (Å²) in [4.78, 5) is 4.62. The van der Waals surface area contributed by atoms with E-state index in [1.54, 1.807) is 6.20 Å². The first-order valence-electron chi connectivity index (χ1n) is 9.22. The third-order valence-corrected chi connectivity index (χ3v) is 4.52. The molecule has 3 rings (SSSR count). The van der Waals surface area contributed by atoms with Gasteiger partial charge in [-0.3, -0.25) is 4.68 Å². The van der Waals surface area contributed by atoms with E-state index in [9.17, 15) is 8.78 Å². The van der Waals surface area contributed by atoms with Gasteiger partial charge in [-0.25, -0.2) is 18.4 Å². The maximum atomic E-state index is 14.3. The van der Waals surface area contributed by atoms with E-state index in [4.69, 9.17) is 0 Å². The summed E-state index contributed by atoms with van der Waals surface area (Å²) in [6, 6.07) is 5.56. The van der Waals surface area contributed by atoms with E-state index in [1.165, 1.54) is 16.8 Å². The topological polar surface area (TPSA) is 48.5 Å². The fourth-order valence-electron chi connectivity index (χ4n) is 3.16. The molecule has 5 nitrogen and oxygen atoms in total. The molecule has 0 amide bonds. The lowest BCUT2D eigenvalue weighted by Gasteiger charge is -2.16. The van der Waals surface area contributed by atoms with Crippen LogP contribution in [0, 0.1) is 11.6 Å².